The lowest BCUT2D eigenvalue weighted by molar-refractivity contribution is -0.0498. The average molecular weight is 376 g/mol. The van der Waals surface area contributed by atoms with Gasteiger partial charge in [-0.25, -0.2) is 4.79 Å². The summed E-state index contributed by atoms with van der Waals surface area (Å²) in [6.07, 6.45) is 0. The number of amides is 2. The lowest BCUT2D eigenvalue weighted by atomic mass is 9.93. The van der Waals surface area contributed by atoms with Crippen molar-refractivity contribution >= 4 is 11.7 Å². The molecule has 2 aromatic carbocycles. The van der Waals surface area contributed by atoms with Crippen LogP contribution in [0.15, 0.2) is 42.5 Å². The van der Waals surface area contributed by atoms with Gasteiger partial charge in [0, 0.05) is 12.2 Å². The van der Waals surface area contributed by atoms with E-state index >= 15 is 0 Å². The molecule has 0 spiro atoms. The van der Waals surface area contributed by atoms with Crippen molar-refractivity contribution in [2.45, 2.75) is 52.7 Å². The van der Waals surface area contributed by atoms with Crippen molar-refractivity contribution in [2.24, 2.45) is 0 Å². The summed E-state index contributed by atoms with van der Waals surface area (Å²) in [6, 6.07) is 11.9. The maximum absolute atomic E-state index is 12.4. The minimum atomic E-state index is -2.85. The molecule has 0 radical (unpaired) electrons. The van der Waals surface area contributed by atoms with Gasteiger partial charge in [-0.2, -0.15) is 8.78 Å². The molecule has 6 heteroatoms. The van der Waals surface area contributed by atoms with Gasteiger partial charge in [-0.05, 0) is 40.7 Å². The average Bonchev–Trinajstić information content (AvgIpc) is 2.60. The molecule has 0 heterocycles. The molecule has 0 fully saturated rings. The second-order valence-corrected chi connectivity index (χ2v) is 6.95. The third kappa shape index (κ3) is 5.94. The lowest BCUT2D eigenvalue weighted by Gasteiger charge is -2.20. The molecular formula is C21H26F2N2O2. The molecular weight excluding hydrogens is 350 g/mol. The molecule has 2 N–H and O–H groups in total. The molecule has 0 aromatic heterocycles. The first kappa shape index (κ1) is 20.7. The number of urea groups is 1. The van der Waals surface area contributed by atoms with Crippen LogP contribution in [0.2, 0.25) is 0 Å². The molecule has 0 atom stereocenters. The van der Waals surface area contributed by atoms with Crippen molar-refractivity contribution in [2.75, 3.05) is 5.32 Å². The summed E-state index contributed by atoms with van der Waals surface area (Å²) in [5, 5.41) is 5.78. The minimum Gasteiger partial charge on any atom is -0.435 e. The zero-order valence-corrected chi connectivity index (χ0v) is 16.1. The van der Waals surface area contributed by atoms with E-state index in [1.807, 2.05) is 18.2 Å². The van der Waals surface area contributed by atoms with Crippen LogP contribution in [0.3, 0.4) is 0 Å². The van der Waals surface area contributed by atoms with Crippen LogP contribution in [-0.4, -0.2) is 12.6 Å². The molecule has 27 heavy (non-hydrogen) atoms. The Morgan fingerprint density at radius 3 is 2.00 bits per heavy atom. The molecule has 2 amide bonds. The first-order valence-corrected chi connectivity index (χ1v) is 8.99. The number of carbonyl (C=O) groups is 1. The first-order chi connectivity index (χ1) is 12.8. The number of carbonyl (C=O) groups excluding carboxylic acids is 1. The highest BCUT2D eigenvalue weighted by molar-refractivity contribution is 5.91. The largest absolute Gasteiger partial charge is 0.435 e. The molecule has 0 aliphatic carbocycles. The van der Waals surface area contributed by atoms with Crippen LogP contribution in [0.25, 0.3) is 0 Å². The van der Waals surface area contributed by atoms with Gasteiger partial charge in [0.2, 0.25) is 0 Å². The SMILES string of the molecule is CC(C)c1cccc(C(C)C)c1NC(=O)NCc1ccc(OC(F)F)cc1. The number of benzene rings is 2. The standard InChI is InChI=1S/C21H26F2N2O2/c1-13(2)17-6-5-7-18(14(3)4)19(17)25-21(26)24-12-15-8-10-16(11-9-15)27-20(22)23/h5-11,13-14,20H,12H2,1-4H3,(H2,24,25,26). The van der Waals surface area contributed by atoms with Gasteiger partial charge >= 0.3 is 12.6 Å². The van der Waals surface area contributed by atoms with Gasteiger partial charge in [0.05, 0.1) is 0 Å². The highest BCUT2D eigenvalue weighted by Crippen LogP contribution is 2.32. The minimum absolute atomic E-state index is 0.0886. The van der Waals surface area contributed by atoms with Gasteiger partial charge < -0.3 is 15.4 Å². The highest BCUT2D eigenvalue weighted by Gasteiger charge is 2.15. The highest BCUT2D eigenvalue weighted by atomic mass is 19.3. The number of anilines is 1. The summed E-state index contributed by atoms with van der Waals surface area (Å²) < 4.78 is 28.7. The van der Waals surface area contributed by atoms with E-state index in [0.717, 1.165) is 22.4 Å². The Morgan fingerprint density at radius 1 is 0.963 bits per heavy atom. The van der Waals surface area contributed by atoms with Crippen LogP contribution in [0.1, 0.15) is 56.2 Å². The maximum atomic E-state index is 12.4. The number of halogens is 2. The second-order valence-electron chi connectivity index (χ2n) is 6.95. The number of alkyl halides is 2. The van der Waals surface area contributed by atoms with Gasteiger partial charge in [0.15, 0.2) is 0 Å². The molecule has 0 bridgehead atoms. The Balaban J connectivity index is 2.04. The summed E-state index contributed by atoms with van der Waals surface area (Å²) in [6.45, 7) is 5.78. The smallest absolute Gasteiger partial charge is 0.387 e. The predicted octanol–water partition coefficient (Wildman–Crippen LogP) is 5.86. The van der Waals surface area contributed by atoms with Crippen LogP contribution in [0, 0.1) is 0 Å². The molecule has 0 saturated carbocycles. The molecule has 146 valence electrons. The van der Waals surface area contributed by atoms with E-state index < -0.39 is 6.61 Å². The Kier molecular flexibility index (Phi) is 7.16. The fourth-order valence-corrected chi connectivity index (χ4v) is 2.82. The number of para-hydroxylation sites is 1. The maximum Gasteiger partial charge on any atom is 0.387 e. The normalized spacial score (nSPS) is 11.1. The van der Waals surface area contributed by atoms with Gasteiger partial charge in [-0.3, -0.25) is 0 Å². The number of rotatable bonds is 7. The van der Waals surface area contributed by atoms with Crippen LogP contribution in [0.4, 0.5) is 19.3 Å². The second kappa shape index (κ2) is 9.35. The fourth-order valence-electron chi connectivity index (χ4n) is 2.82. The summed E-state index contributed by atoms with van der Waals surface area (Å²) in [4.78, 5) is 12.4. The Labute approximate surface area is 158 Å². The topological polar surface area (TPSA) is 50.4 Å². The van der Waals surface area contributed by atoms with E-state index in [1.54, 1.807) is 12.1 Å². The molecule has 4 nitrogen and oxygen atoms in total. The zero-order valence-electron chi connectivity index (χ0n) is 16.1. The molecule has 0 aliphatic heterocycles. The number of hydrogen-bond donors (Lipinski definition) is 2. The quantitative estimate of drug-likeness (QED) is 0.636. The van der Waals surface area contributed by atoms with E-state index in [9.17, 15) is 13.6 Å². The number of nitrogens with one attached hydrogen (secondary N) is 2. The molecule has 2 aromatic rings. The van der Waals surface area contributed by atoms with Crippen LogP contribution in [-0.2, 0) is 6.54 Å². The van der Waals surface area contributed by atoms with Crippen LogP contribution < -0.4 is 15.4 Å². The third-order valence-electron chi connectivity index (χ3n) is 4.21. The monoisotopic (exact) mass is 376 g/mol. The van der Waals surface area contributed by atoms with Gasteiger partial charge in [-0.1, -0.05) is 58.0 Å². The van der Waals surface area contributed by atoms with Crippen molar-refractivity contribution in [3.8, 4) is 5.75 Å². The predicted molar refractivity (Wildman–Crippen MR) is 104 cm³/mol. The summed E-state index contributed by atoms with van der Waals surface area (Å²) in [5.74, 6) is 0.647. The molecule has 2 rings (SSSR count). The number of ether oxygens (including phenoxy) is 1. The Hall–Kier alpha value is -2.63. The lowest BCUT2D eigenvalue weighted by Crippen LogP contribution is -2.29. The van der Waals surface area contributed by atoms with Crippen LogP contribution >= 0.6 is 0 Å². The van der Waals surface area contributed by atoms with Crippen molar-refractivity contribution in [3.63, 3.8) is 0 Å². The molecule has 0 saturated heterocycles. The van der Waals surface area contributed by atoms with Crippen molar-refractivity contribution in [1.82, 2.24) is 5.32 Å². The van der Waals surface area contributed by atoms with E-state index in [-0.39, 0.29) is 30.2 Å². The Morgan fingerprint density at radius 2 is 1.52 bits per heavy atom. The van der Waals surface area contributed by atoms with Gasteiger partial charge in [-0.15, -0.1) is 0 Å². The zero-order chi connectivity index (χ0) is 20.0. The van der Waals surface area contributed by atoms with E-state index in [0.29, 0.717) is 0 Å². The van der Waals surface area contributed by atoms with E-state index in [1.165, 1.54) is 12.1 Å². The Bertz CT molecular complexity index is 733. The van der Waals surface area contributed by atoms with Crippen molar-refractivity contribution < 1.29 is 18.3 Å². The molecule has 0 unspecified atom stereocenters. The summed E-state index contributed by atoms with van der Waals surface area (Å²) in [7, 11) is 0. The fraction of sp³-hybridized carbons (Fsp3) is 0.381. The molecule has 0 aliphatic rings. The van der Waals surface area contributed by atoms with E-state index in [4.69, 9.17) is 0 Å². The first-order valence-electron chi connectivity index (χ1n) is 8.99. The summed E-state index contributed by atoms with van der Waals surface area (Å²) >= 11 is 0. The van der Waals surface area contributed by atoms with Crippen molar-refractivity contribution in [3.05, 3.63) is 59.2 Å². The van der Waals surface area contributed by atoms with Crippen LogP contribution in [0.5, 0.6) is 5.75 Å². The van der Waals surface area contributed by atoms with Crippen molar-refractivity contribution in [1.29, 1.82) is 0 Å². The van der Waals surface area contributed by atoms with Gasteiger partial charge in [0.1, 0.15) is 5.75 Å². The third-order valence-corrected chi connectivity index (χ3v) is 4.21. The van der Waals surface area contributed by atoms with Gasteiger partial charge in [0.25, 0.3) is 0 Å². The number of hydrogen-bond acceptors (Lipinski definition) is 2. The summed E-state index contributed by atoms with van der Waals surface area (Å²) in [5.41, 5.74) is 3.81. The van der Waals surface area contributed by atoms with E-state index in [2.05, 4.69) is 43.1 Å².